The molecule has 130 valence electrons. The van der Waals surface area contributed by atoms with Crippen molar-refractivity contribution >= 4 is 18.3 Å². The van der Waals surface area contributed by atoms with E-state index in [1.165, 1.54) is 11.1 Å². The lowest BCUT2D eigenvalue weighted by atomic mass is 9.83. The normalized spacial score (nSPS) is 17.2. The molecule has 4 nitrogen and oxygen atoms in total. The molecular weight excluding hydrogens is 312 g/mol. The summed E-state index contributed by atoms with van der Waals surface area (Å²) in [5, 5.41) is 3.03. The van der Waals surface area contributed by atoms with Crippen LogP contribution in [0.15, 0.2) is 24.3 Å². The molecule has 1 aromatic carbocycles. The number of ether oxygens (including phenoxy) is 1. The highest BCUT2D eigenvalue weighted by Crippen LogP contribution is 2.23. The molecule has 5 heteroatoms. The standard InChI is InChI=1S/C18H28N2O2.ClH/c1-13-5-4-6-15(11-13)18(2,3)12-20-17(21)16(19)14-7-9-22-10-8-14;/h4-6,11,14,16H,7-10,12,19H2,1-3H3,(H,20,21);1H. The van der Waals surface area contributed by atoms with Crippen LogP contribution in [0.4, 0.5) is 0 Å². The van der Waals surface area contributed by atoms with Crippen molar-refractivity contribution in [1.29, 1.82) is 0 Å². The molecule has 23 heavy (non-hydrogen) atoms. The van der Waals surface area contributed by atoms with Gasteiger partial charge in [-0.05, 0) is 31.2 Å². The van der Waals surface area contributed by atoms with Crippen LogP contribution >= 0.6 is 12.4 Å². The maximum absolute atomic E-state index is 12.3. The van der Waals surface area contributed by atoms with Gasteiger partial charge in [0.05, 0.1) is 6.04 Å². The average Bonchev–Trinajstić information content (AvgIpc) is 2.53. The fraction of sp³-hybridized carbons (Fsp3) is 0.611. The van der Waals surface area contributed by atoms with E-state index in [-0.39, 0.29) is 29.6 Å². The van der Waals surface area contributed by atoms with E-state index in [1.807, 2.05) is 0 Å². The van der Waals surface area contributed by atoms with E-state index < -0.39 is 6.04 Å². The van der Waals surface area contributed by atoms with Crippen LogP contribution in [0.2, 0.25) is 0 Å². The average molecular weight is 341 g/mol. The van der Waals surface area contributed by atoms with Gasteiger partial charge in [0.25, 0.3) is 0 Å². The van der Waals surface area contributed by atoms with E-state index in [0.717, 1.165) is 12.8 Å². The van der Waals surface area contributed by atoms with Gasteiger partial charge in [-0.1, -0.05) is 43.7 Å². The predicted molar refractivity (Wildman–Crippen MR) is 96.0 cm³/mol. The van der Waals surface area contributed by atoms with Gasteiger partial charge in [0.15, 0.2) is 0 Å². The molecule has 1 aliphatic rings. The first-order valence-electron chi connectivity index (χ1n) is 8.08. The number of carbonyl (C=O) groups excluding carboxylic acids is 1. The Kier molecular flexibility index (Phi) is 7.52. The van der Waals surface area contributed by atoms with Gasteiger partial charge in [-0.2, -0.15) is 0 Å². The smallest absolute Gasteiger partial charge is 0.237 e. The second kappa shape index (κ2) is 8.67. The summed E-state index contributed by atoms with van der Waals surface area (Å²) >= 11 is 0. The summed E-state index contributed by atoms with van der Waals surface area (Å²) in [5.74, 6) is 0.184. The number of rotatable bonds is 5. The monoisotopic (exact) mass is 340 g/mol. The van der Waals surface area contributed by atoms with Crippen molar-refractivity contribution in [3.63, 3.8) is 0 Å². The van der Waals surface area contributed by atoms with E-state index >= 15 is 0 Å². The lowest BCUT2D eigenvalue weighted by Crippen LogP contribution is -2.49. The Labute approximate surface area is 145 Å². The SMILES string of the molecule is Cc1cccc(C(C)(C)CNC(=O)C(N)C2CCOCC2)c1.Cl. The molecule has 0 spiro atoms. The fourth-order valence-electron chi connectivity index (χ4n) is 2.88. The van der Waals surface area contributed by atoms with Crippen LogP contribution < -0.4 is 11.1 Å². The second-order valence-corrected chi connectivity index (χ2v) is 6.95. The molecule has 1 heterocycles. The van der Waals surface area contributed by atoms with Gasteiger partial charge >= 0.3 is 0 Å². The van der Waals surface area contributed by atoms with Crippen molar-refractivity contribution in [3.8, 4) is 0 Å². The first-order chi connectivity index (χ1) is 10.4. The number of aryl methyl sites for hydroxylation is 1. The molecule has 1 aromatic rings. The number of amides is 1. The first kappa shape index (κ1) is 19.9. The Bertz CT molecular complexity index is 513. The topological polar surface area (TPSA) is 64.4 Å². The number of hydrogen-bond donors (Lipinski definition) is 2. The molecule has 0 bridgehead atoms. The van der Waals surface area contributed by atoms with Gasteiger partial charge < -0.3 is 15.8 Å². The molecule has 0 aromatic heterocycles. The zero-order chi connectivity index (χ0) is 16.2. The minimum atomic E-state index is -0.433. The Balaban J connectivity index is 0.00000264. The van der Waals surface area contributed by atoms with Gasteiger partial charge in [-0.3, -0.25) is 4.79 Å². The minimum absolute atomic E-state index is 0. The zero-order valence-corrected chi connectivity index (χ0v) is 15.1. The van der Waals surface area contributed by atoms with Crippen molar-refractivity contribution in [2.75, 3.05) is 19.8 Å². The van der Waals surface area contributed by atoms with Gasteiger partial charge in [-0.15, -0.1) is 12.4 Å². The number of halogens is 1. The van der Waals surface area contributed by atoms with E-state index in [4.69, 9.17) is 10.5 Å². The molecule has 1 aliphatic heterocycles. The lowest BCUT2D eigenvalue weighted by molar-refractivity contribution is -0.124. The third-order valence-electron chi connectivity index (χ3n) is 4.58. The van der Waals surface area contributed by atoms with E-state index in [1.54, 1.807) is 0 Å². The van der Waals surface area contributed by atoms with Crippen LogP contribution in [0, 0.1) is 12.8 Å². The Morgan fingerprint density at radius 3 is 2.65 bits per heavy atom. The third-order valence-corrected chi connectivity index (χ3v) is 4.58. The molecule has 1 saturated heterocycles. The quantitative estimate of drug-likeness (QED) is 0.865. The molecule has 1 atom stereocenters. The summed E-state index contributed by atoms with van der Waals surface area (Å²) in [5.41, 5.74) is 8.46. The van der Waals surface area contributed by atoms with Gasteiger partial charge in [0.1, 0.15) is 0 Å². The number of hydrogen-bond acceptors (Lipinski definition) is 3. The van der Waals surface area contributed by atoms with E-state index in [0.29, 0.717) is 19.8 Å². The zero-order valence-electron chi connectivity index (χ0n) is 14.3. The number of nitrogens with one attached hydrogen (secondary N) is 1. The van der Waals surface area contributed by atoms with Crippen molar-refractivity contribution < 1.29 is 9.53 Å². The minimum Gasteiger partial charge on any atom is -0.381 e. The summed E-state index contributed by atoms with van der Waals surface area (Å²) in [7, 11) is 0. The summed E-state index contributed by atoms with van der Waals surface area (Å²) in [6.45, 7) is 8.37. The Hall–Kier alpha value is -1.10. The largest absolute Gasteiger partial charge is 0.381 e. The summed E-state index contributed by atoms with van der Waals surface area (Å²) in [4.78, 5) is 12.3. The molecule has 1 amide bonds. The Morgan fingerprint density at radius 1 is 1.39 bits per heavy atom. The van der Waals surface area contributed by atoms with Crippen LogP contribution in [-0.2, 0) is 14.9 Å². The van der Waals surface area contributed by atoms with Gasteiger partial charge in [0.2, 0.25) is 5.91 Å². The van der Waals surface area contributed by atoms with Crippen molar-refractivity contribution in [2.24, 2.45) is 11.7 Å². The molecule has 3 N–H and O–H groups in total. The Morgan fingerprint density at radius 2 is 2.04 bits per heavy atom. The number of carbonyl (C=O) groups is 1. The summed E-state index contributed by atoms with van der Waals surface area (Å²) < 4.78 is 5.33. The lowest BCUT2D eigenvalue weighted by Gasteiger charge is -2.30. The number of nitrogens with two attached hydrogens (primary N) is 1. The summed E-state index contributed by atoms with van der Waals surface area (Å²) in [6.07, 6.45) is 1.74. The molecule has 1 fully saturated rings. The van der Waals surface area contributed by atoms with Crippen LogP contribution in [0.3, 0.4) is 0 Å². The van der Waals surface area contributed by atoms with Crippen molar-refractivity contribution in [3.05, 3.63) is 35.4 Å². The maximum Gasteiger partial charge on any atom is 0.237 e. The van der Waals surface area contributed by atoms with Crippen molar-refractivity contribution in [2.45, 2.75) is 45.1 Å². The third kappa shape index (κ3) is 5.48. The second-order valence-electron chi connectivity index (χ2n) is 6.95. The highest BCUT2D eigenvalue weighted by atomic mass is 35.5. The maximum atomic E-state index is 12.3. The van der Waals surface area contributed by atoms with E-state index in [2.05, 4.69) is 50.4 Å². The highest BCUT2D eigenvalue weighted by molar-refractivity contribution is 5.85. The van der Waals surface area contributed by atoms with Crippen LogP contribution in [-0.4, -0.2) is 31.7 Å². The molecule has 2 rings (SSSR count). The highest BCUT2D eigenvalue weighted by Gasteiger charge is 2.28. The molecular formula is C18H29ClN2O2. The molecule has 0 saturated carbocycles. The van der Waals surface area contributed by atoms with Crippen LogP contribution in [0.25, 0.3) is 0 Å². The van der Waals surface area contributed by atoms with E-state index in [9.17, 15) is 4.79 Å². The van der Waals surface area contributed by atoms with Crippen LogP contribution in [0.5, 0.6) is 0 Å². The van der Waals surface area contributed by atoms with Gasteiger partial charge in [0, 0.05) is 25.2 Å². The molecule has 1 unspecified atom stereocenters. The predicted octanol–water partition coefficient (Wildman–Crippen LogP) is 2.56. The van der Waals surface area contributed by atoms with Crippen LogP contribution in [0.1, 0.15) is 37.8 Å². The van der Waals surface area contributed by atoms with Gasteiger partial charge in [-0.25, -0.2) is 0 Å². The fourth-order valence-corrected chi connectivity index (χ4v) is 2.88. The first-order valence-corrected chi connectivity index (χ1v) is 8.08. The van der Waals surface area contributed by atoms with Crippen molar-refractivity contribution in [1.82, 2.24) is 5.32 Å². The molecule has 0 radical (unpaired) electrons. The number of benzene rings is 1. The summed E-state index contributed by atoms with van der Waals surface area (Å²) in [6, 6.07) is 7.99. The molecule has 0 aliphatic carbocycles.